The quantitative estimate of drug-likeness (QED) is 0.0473. The molecule has 25 nitrogen and oxygen atoms in total. The smallest absolute Gasteiger partial charge is 0.266 e. The third-order valence-electron chi connectivity index (χ3n) is 23.9. The van der Waals surface area contributed by atoms with Crippen LogP contribution >= 0.6 is 0 Å². The molecule has 5 heterocycles. The number of aryl methyl sites for hydroxylation is 6. The predicted molar refractivity (Wildman–Crippen MR) is 583 cm³/mol. The van der Waals surface area contributed by atoms with E-state index in [0.717, 1.165) is 61.8 Å². The Labute approximate surface area is 839 Å². The van der Waals surface area contributed by atoms with Gasteiger partial charge >= 0.3 is 0 Å². The molecule has 0 saturated heterocycles. The van der Waals surface area contributed by atoms with Gasteiger partial charge in [0, 0.05) is 27.8 Å². The lowest BCUT2D eigenvalue weighted by atomic mass is 10.1. The molecule has 15 aromatic carbocycles. The van der Waals surface area contributed by atoms with Crippen molar-refractivity contribution in [3.63, 3.8) is 0 Å². The maximum absolute atomic E-state index is 13.4. The van der Waals surface area contributed by atoms with Crippen LogP contribution in [0.4, 0.5) is 0 Å². The van der Waals surface area contributed by atoms with Crippen molar-refractivity contribution in [3.05, 3.63) is 470 Å². The number of nitrogens with zero attached hydrogens (tertiary/aromatic N) is 10. The maximum Gasteiger partial charge on any atom is 0.266 e. The Bertz CT molecular complexity index is 8340. The lowest BCUT2D eigenvalue weighted by Crippen LogP contribution is -2.22. The number of aromatic hydroxyl groups is 5. The molecule has 0 atom stereocenters. The first-order chi connectivity index (χ1) is 70.8. The molecule has 20 aromatic rings. The Balaban J connectivity index is 0.000000131. The van der Waals surface area contributed by atoms with Crippen LogP contribution in [0, 0.1) is 41.5 Å². The minimum absolute atomic E-state index is 0.0382. The Kier molecular flexibility index (Phi) is 30.9. The van der Waals surface area contributed by atoms with Crippen molar-refractivity contribution in [1.29, 1.82) is 0 Å². The van der Waals surface area contributed by atoms with Crippen molar-refractivity contribution in [1.82, 2.24) is 47.8 Å². The SMILES string of the molecule is COc1cccc(/C=C/c2nc3ccccc3c(=O)n2-c2cc(C)cc(C)c2)c1O.COc1cccc(/C=C/c2nc3ccccc3c(=O)n2-c2ccc(C)cc2)c1O.COc1cccc(/C=C/c2nc3ccccc3c(=O)n2-c2cccc(C)c2)c1O.COc1cccc(/C=C/c2nc3ccccc3c(=O)n2-c2cccc(C)c2)c1O.COc1cccc(/C=C/c2nc3ccccc3c(=O)n2-c2cccc(C)c2)c1O. The van der Waals surface area contributed by atoms with Crippen LogP contribution in [0.25, 0.3) is 144 Å². The van der Waals surface area contributed by atoms with Crippen LogP contribution in [0.5, 0.6) is 57.5 Å². The summed E-state index contributed by atoms with van der Waals surface area (Å²) in [6, 6.07) is 99.5. The van der Waals surface area contributed by atoms with Crippen molar-refractivity contribution in [2.24, 2.45) is 0 Å². The van der Waals surface area contributed by atoms with Crippen LogP contribution in [-0.4, -0.2) is 109 Å². The fourth-order valence-electron chi connectivity index (χ4n) is 16.6. The van der Waals surface area contributed by atoms with Crippen LogP contribution in [0.1, 0.15) is 90.3 Å². The zero-order chi connectivity index (χ0) is 103. The third kappa shape index (κ3) is 22.3. The van der Waals surface area contributed by atoms with E-state index in [1.165, 1.54) is 35.5 Å². The van der Waals surface area contributed by atoms with E-state index in [-0.39, 0.29) is 56.5 Å². The summed E-state index contributed by atoms with van der Waals surface area (Å²) < 4.78 is 33.8. The number of hydrogen-bond acceptors (Lipinski definition) is 20. The molecular formula is C121H102N10O15. The van der Waals surface area contributed by atoms with Crippen molar-refractivity contribution in [3.8, 4) is 85.9 Å². The highest BCUT2D eigenvalue weighted by Crippen LogP contribution is 2.37. The topological polar surface area (TPSA) is 322 Å². The summed E-state index contributed by atoms with van der Waals surface area (Å²) in [5.41, 5.74) is 15.3. The van der Waals surface area contributed by atoms with Gasteiger partial charge in [-0.2, -0.15) is 0 Å². The molecule has 146 heavy (non-hydrogen) atoms. The second-order valence-electron chi connectivity index (χ2n) is 34.0. The third-order valence-corrected chi connectivity index (χ3v) is 23.9. The number of aromatic nitrogens is 10. The van der Waals surface area contributed by atoms with Gasteiger partial charge in [0.2, 0.25) is 0 Å². The van der Waals surface area contributed by atoms with E-state index in [1.807, 2.05) is 242 Å². The number of phenols is 5. The lowest BCUT2D eigenvalue weighted by molar-refractivity contribution is 0.373. The highest BCUT2D eigenvalue weighted by atomic mass is 16.5. The molecule has 5 N–H and O–H groups in total. The predicted octanol–water partition coefficient (Wildman–Crippen LogP) is 23.2. The molecule has 0 spiro atoms. The van der Waals surface area contributed by atoms with Crippen LogP contribution < -0.4 is 51.5 Å². The van der Waals surface area contributed by atoms with Gasteiger partial charge in [-0.25, -0.2) is 24.9 Å². The van der Waals surface area contributed by atoms with Crippen molar-refractivity contribution in [2.75, 3.05) is 35.5 Å². The highest BCUT2D eigenvalue weighted by molar-refractivity contribution is 5.87. The molecule has 0 unspecified atom stereocenters. The molecular weight excluding hydrogens is 1830 g/mol. The van der Waals surface area contributed by atoms with Gasteiger partial charge in [0.15, 0.2) is 57.5 Å². The van der Waals surface area contributed by atoms with Gasteiger partial charge in [0.05, 0.1) is 119 Å². The van der Waals surface area contributed by atoms with E-state index < -0.39 is 0 Å². The Morgan fingerprint density at radius 3 is 0.630 bits per heavy atom. The molecule has 25 heteroatoms. The average Bonchev–Trinajstić information content (AvgIpc) is 0.780. The normalized spacial score (nSPS) is 11.3. The average molecular weight is 1940 g/mol. The van der Waals surface area contributed by atoms with Gasteiger partial charge in [-0.15, -0.1) is 0 Å². The molecule has 0 aliphatic rings. The zero-order valence-electron chi connectivity index (χ0n) is 81.7. The van der Waals surface area contributed by atoms with Crippen LogP contribution in [0.3, 0.4) is 0 Å². The van der Waals surface area contributed by atoms with E-state index in [2.05, 4.69) is 11.1 Å². The van der Waals surface area contributed by atoms with Gasteiger partial charge in [-0.1, -0.05) is 181 Å². The summed E-state index contributed by atoms with van der Waals surface area (Å²) in [5, 5.41) is 54.5. The first kappa shape index (κ1) is 99.7. The lowest BCUT2D eigenvalue weighted by Gasteiger charge is -2.13. The summed E-state index contributed by atoms with van der Waals surface area (Å²) in [7, 11) is 7.52. The Hall–Kier alpha value is -19.3. The number of phenolic OH excluding ortho intramolecular Hbond substituents is 5. The van der Waals surface area contributed by atoms with Crippen molar-refractivity contribution < 1.29 is 49.2 Å². The van der Waals surface area contributed by atoms with Crippen LogP contribution in [0.2, 0.25) is 0 Å². The highest BCUT2D eigenvalue weighted by Gasteiger charge is 2.21. The van der Waals surface area contributed by atoms with Crippen LogP contribution in [-0.2, 0) is 0 Å². The molecule has 20 rings (SSSR count). The van der Waals surface area contributed by atoms with Gasteiger partial charge in [-0.3, -0.25) is 46.8 Å². The van der Waals surface area contributed by atoms with Gasteiger partial charge < -0.3 is 49.2 Å². The minimum Gasteiger partial charge on any atom is -0.504 e. The number of para-hydroxylation sites is 10. The van der Waals surface area contributed by atoms with Crippen molar-refractivity contribution in [2.45, 2.75) is 41.5 Å². The fourth-order valence-corrected chi connectivity index (χ4v) is 16.6. The molecule has 5 aromatic heterocycles. The second kappa shape index (κ2) is 45.3. The molecule has 0 aliphatic heterocycles. The maximum atomic E-state index is 13.4. The van der Waals surface area contributed by atoms with E-state index in [4.69, 9.17) is 43.6 Å². The number of rotatable bonds is 20. The first-order valence-electron chi connectivity index (χ1n) is 46.5. The van der Waals surface area contributed by atoms with Gasteiger partial charge in [0.25, 0.3) is 27.8 Å². The van der Waals surface area contributed by atoms with Gasteiger partial charge in [0.1, 0.15) is 29.1 Å². The molecule has 0 bridgehead atoms. The van der Waals surface area contributed by atoms with E-state index >= 15 is 0 Å². The van der Waals surface area contributed by atoms with Crippen molar-refractivity contribution >= 4 is 115 Å². The van der Waals surface area contributed by atoms with E-state index in [0.29, 0.717) is 140 Å². The summed E-state index contributed by atoms with van der Waals surface area (Å²) >= 11 is 0. The summed E-state index contributed by atoms with van der Waals surface area (Å²) in [6.07, 6.45) is 17.3. The van der Waals surface area contributed by atoms with Crippen LogP contribution in [0.15, 0.2) is 352 Å². The molecule has 0 saturated carbocycles. The molecule has 0 radical (unpaired) electrons. The van der Waals surface area contributed by atoms with E-state index in [1.54, 1.807) is 205 Å². The zero-order valence-corrected chi connectivity index (χ0v) is 81.7. The largest absolute Gasteiger partial charge is 0.504 e. The fraction of sp³-hybridized carbons (Fsp3) is 0.0909. The summed E-state index contributed by atoms with van der Waals surface area (Å²) in [4.78, 5) is 89.9. The van der Waals surface area contributed by atoms with E-state index in [9.17, 15) is 49.5 Å². The summed E-state index contributed by atoms with van der Waals surface area (Å²) in [5.74, 6) is 4.48. The number of hydrogen-bond donors (Lipinski definition) is 5. The molecule has 726 valence electrons. The molecule has 0 amide bonds. The minimum atomic E-state index is -0.144. The monoisotopic (exact) mass is 1930 g/mol. The summed E-state index contributed by atoms with van der Waals surface area (Å²) in [6.45, 7) is 11.9. The number of methoxy groups -OCH3 is 5. The number of benzene rings is 15. The molecule has 0 fully saturated rings. The second-order valence-corrected chi connectivity index (χ2v) is 34.0. The first-order valence-corrected chi connectivity index (χ1v) is 46.5. The molecule has 0 aliphatic carbocycles. The Morgan fingerprint density at radius 1 is 0.199 bits per heavy atom. The number of fused-ring (bicyclic) bond motifs is 5. The standard InChI is InChI=1S/C25H22N2O3.4C24H20N2O3/c1-16-13-17(2)15-19(14-16)27-23(26-21-9-5-4-8-20(21)25(27)29)12-11-18-7-6-10-22(30-3)24(18)28;3*1-16-7-5-9-18(15-16)26-22(25-20-11-4-3-10-19(20)24(26)28)14-13-17-8-6-12-21(29-2)23(17)27;1-16-10-13-18(14-11-16)26-22(25-20-8-4-3-7-19(20)24(26)28)15-12-17-6-5-9-21(29-2)23(17)27/h4-15,28H,1-3H3;4*3-15,27H,1-2H3/b12-11+;3*14-13+;15-12+. The number of ether oxygens (including phenoxy) is 5. The Morgan fingerprint density at radius 2 is 0.404 bits per heavy atom. The van der Waals surface area contributed by atoms with Gasteiger partial charge in [-0.05, 0) is 282 Å².